The number of carbonyl (C=O) groups excluding carboxylic acids is 1. The minimum Gasteiger partial charge on any atom is -0.493 e. The first-order valence-corrected chi connectivity index (χ1v) is 11.5. The molecule has 10 heteroatoms. The van der Waals surface area contributed by atoms with Crippen molar-refractivity contribution in [2.75, 3.05) is 21.3 Å². The molecule has 0 aromatic heterocycles. The number of hydrogen-bond donors (Lipinski definition) is 1. The quantitative estimate of drug-likeness (QED) is 0.482. The molecule has 1 unspecified atom stereocenters. The number of carbonyl (C=O) groups is 1. The molecule has 0 fully saturated rings. The Kier molecular flexibility index (Phi) is 7.28. The van der Waals surface area contributed by atoms with E-state index in [2.05, 4.69) is 10.1 Å². The van der Waals surface area contributed by atoms with E-state index in [0.29, 0.717) is 40.3 Å². The van der Waals surface area contributed by atoms with Crippen LogP contribution in [0.2, 0.25) is 0 Å². The summed E-state index contributed by atoms with van der Waals surface area (Å²) in [5, 5.41) is 8.71. The van der Waals surface area contributed by atoms with E-state index in [0.717, 1.165) is 11.1 Å². The Morgan fingerprint density at radius 1 is 0.946 bits per heavy atom. The lowest BCUT2D eigenvalue weighted by Gasteiger charge is -2.22. The third kappa shape index (κ3) is 5.47. The van der Waals surface area contributed by atoms with Crippen LogP contribution in [0.5, 0.6) is 17.2 Å². The molecule has 4 rings (SSSR count). The standard InChI is InChI=1S/C27H26F3N3O4/c1-16-13-19-14-23(35-3)24(36-4)15-21(19)25(32-33(16)26(34)31-2)18-11-9-17(10-12-18)20-7-5-6-8-22(20)37-27(28,29)30/h5-12,14-16H,13H2,1-4H3,(H,31,34). The SMILES string of the molecule is CNC(=O)N1N=C(c2ccc(-c3ccccc3OC(F)(F)F)cc2)c2cc(OC)c(OC)cc2CC1C. The molecule has 2 amide bonds. The topological polar surface area (TPSA) is 72.4 Å². The Hall–Kier alpha value is -4.21. The van der Waals surface area contributed by atoms with Crippen LogP contribution in [-0.4, -0.2) is 50.4 Å². The Balaban J connectivity index is 1.83. The molecule has 1 heterocycles. The van der Waals surface area contributed by atoms with Crippen LogP contribution in [0.15, 0.2) is 65.8 Å². The van der Waals surface area contributed by atoms with Gasteiger partial charge < -0.3 is 19.5 Å². The number of para-hydroxylation sites is 1. The van der Waals surface area contributed by atoms with Crippen molar-refractivity contribution in [3.63, 3.8) is 0 Å². The van der Waals surface area contributed by atoms with Crippen LogP contribution in [0.4, 0.5) is 18.0 Å². The first-order valence-electron chi connectivity index (χ1n) is 11.5. The van der Waals surface area contributed by atoms with Gasteiger partial charge >= 0.3 is 12.4 Å². The van der Waals surface area contributed by atoms with Crippen molar-refractivity contribution in [1.82, 2.24) is 10.3 Å². The number of benzene rings is 3. The van der Waals surface area contributed by atoms with Gasteiger partial charge in [-0.2, -0.15) is 5.10 Å². The third-order valence-electron chi connectivity index (χ3n) is 6.01. The Morgan fingerprint density at radius 3 is 2.19 bits per heavy atom. The maximum Gasteiger partial charge on any atom is 0.573 e. The van der Waals surface area contributed by atoms with Crippen LogP contribution in [0, 0.1) is 0 Å². The smallest absolute Gasteiger partial charge is 0.493 e. The van der Waals surface area contributed by atoms with Crippen LogP contribution in [0.3, 0.4) is 0 Å². The summed E-state index contributed by atoms with van der Waals surface area (Å²) in [4.78, 5) is 12.6. The summed E-state index contributed by atoms with van der Waals surface area (Å²) in [6.07, 6.45) is -4.30. The zero-order valence-electron chi connectivity index (χ0n) is 20.7. The summed E-state index contributed by atoms with van der Waals surface area (Å²) in [6, 6.07) is 15.9. The van der Waals surface area contributed by atoms with Crippen LogP contribution in [-0.2, 0) is 6.42 Å². The molecule has 0 spiro atoms. The first kappa shape index (κ1) is 25.9. The van der Waals surface area contributed by atoms with E-state index in [1.54, 1.807) is 43.5 Å². The number of methoxy groups -OCH3 is 2. The third-order valence-corrected chi connectivity index (χ3v) is 6.01. The average Bonchev–Trinajstić information content (AvgIpc) is 3.02. The number of amides is 2. The normalized spacial score (nSPS) is 15.3. The molecule has 0 bridgehead atoms. The van der Waals surface area contributed by atoms with Crippen molar-refractivity contribution in [1.29, 1.82) is 0 Å². The molecule has 1 N–H and O–H groups in total. The van der Waals surface area contributed by atoms with Crippen molar-refractivity contribution in [2.45, 2.75) is 25.7 Å². The number of ether oxygens (including phenoxy) is 3. The number of halogens is 3. The molecule has 3 aromatic carbocycles. The molecular formula is C27H26F3N3O4. The molecule has 1 atom stereocenters. The number of urea groups is 1. The van der Waals surface area contributed by atoms with Gasteiger partial charge in [0.25, 0.3) is 0 Å². The Bertz CT molecular complexity index is 1320. The number of nitrogens with zero attached hydrogens (tertiary/aromatic N) is 2. The highest BCUT2D eigenvalue weighted by Gasteiger charge is 2.32. The van der Waals surface area contributed by atoms with E-state index < -0.39 is 6.36 Å². The van der Waals surface area contributed by atoms with Crippen molar-refractivity contribution < 1.29 is 32.2 Å². The van der Waals surface area contributed by atoms with Gasteiger partial charge in [0.05, 0.1) is 26.0 Å². The maximum atomic E-state index is 12.9. The van der Waals surface area contributed by atoms with Gasteiger partial charge in [0.2, 0.25) is 0 Å². The maximum absolute atomic E-state index is 12.9. The van der Waals surface area contributed by atoms with Gasteiger partial charge in [-0.25, -0.2) is 9.80 Å². The van der Waals surface area contributed by atoms with Gasteiger partial charge in [0, 0.05) is 23.7 Å². The molecule has 0 aliphatic carbocycles. The molecule has 7 nitrogen and oxygen atoms in total. The van der Waals surface area contributed by atoms with Gasteiger partial charge in [-0.3, -0.25) is 0 Å². The second-order valence-electron chi connectivity index (χ2n) is 8.39. The van der Waals surface area contributed by atoms with E-state index in [1.165, 1.54) is 31.3 Å². The van der Waals surface area contributed by atoms with Crippen molar-refractivity contribution in [2.24, 2.45) is 5.10 Å². The zero-order chi connectivity index (χ0) is 26.7. The summed E-state index contributed by atoms with van der Waals surface area (Å²) in [6.45, 7) is 1.89. The molecule has 3 aromatic rings. The van der Waals surface area contributed by atoms with E-state index in [-0.39, 0.29) is 17.8 Å². The molecule has 0 radical (unpaired) electrons. The highest BCUT2D eigenvalue weighted by molar-refractivity contribution is 6.14. The summed E-state index contributed by atoms with van der Waals surface area (Å²) in [5.41, 5.74) is 3.65. The fourth-order valence-electron chi connectivity index (χ4n) is 4.28. The molecule has 0 saturated carbocycles. The first-order chi connectivity index (χ1) is 17.6. The second-order valence-corrected chi connectivity index (χ2v) is 8.39. The zero-order valence-corrected chi connectivity index (χ0v) is 20.7. The lowest BCUT2D eigenvalue weighted by Crippen LogP contribution is -2.41. The number of rotatable bonds is 5. The lowest BCUT2D eigenvalue weighted by molar-refractivity contribution is -0.274. The van der Waals surface area contributed by atoms with Gasteiger partial charge in [0.1, 0.15) is 5.75 Å². The largest absolute Gasteiger partial charge is 0.573 e. The van der Waals surface area contributed by atoms with Crippen LogP contribution in [0.25, 0.3) is 11.1 Å². The van der Waals surface area contributed by atoms with E-state index in [4.69, 9.17) is 14.6 Å². The molecule has 37 heavy (non-hydrogen) atoms. The summed E-state index contributed by atoms with van der Waals surface area (Å²) in [5.74, 6) is 0.763. The van der Waals surface area contributed by atoms with Gasteiger partial charge in [-0.15, -0.1) is 13.2 Å². The average molecular weight is 514 g/mol. The minimum atomic E-state index is -4.81. The van der Waals surface area contributed by atoms with Gasteiger partial charge in [0.15, 0.2) is 11.5 Å². The molecule has 194 valence electrons. The Morgan fingerprint density at radius 2 is 1.57 bits per heavy atom. The second kappa shape index (κ2) is 10.4. The van der Waals surface area contributed by atoms with Crippen LogP contribution < -0.4 is 19.5 Å². The van der Waals surface area contributed by atoms with E-state index in [1.807, 2.05) is 19.1 Å². The van der Waals surface area contributed by atoms with Gasteiger partial charge in [-0.1, -0.05) is 42.5 Å². The summed E-state index contributed by atoms with van der Waals surface area (Å²) in [7, 11) is 4.62. The predicted molar refractivity (Wildman–Crippen MR) is 133 cm³/mol. The number of alkyl halides is 3. The Labute approximate surface area is 212 Å². The number of hydrogen-bond acceptors (Lipinski definition) is 5. The van der Waals surface area contributed by atoms with E-state index >= 15 is 0 Å². The lowest BCUT2D eigenvalue weighted by atomic mass is 9.93. The van der Waals surface area contributed by atoms with Crippen molar-refractivity contribution in [3.8, 4) is 28.4 Å². The highest BCUT2D eigenvalue weighted by Crippen LogP contribution is 2.36. The number of hydrazone groups is 1. The number of fused-ring (bicyclic) bond motifs is 1. The fourth-order valence-corrected chi connectivity index (χ4v) is 4.28. The molecule has 1 aliphatic heterocycles. The monoisotopic (exact) mass is 513 g/mol. The summed E-state index contributed by atoms with van der Waals surface area (Å²) >= 11 is 0. The van der Waals surface area contributed by atoms with Gasteiger partial charge in [-0.05, 0) is 42.7 Å². The van der Waals surface area contributed by atoms with Crippen molar-refractivity contribution >= 4 is 11.7 Å². The molecular weight excluding hydrogens is 487 g/mol. The minimum absolute atomic E-state index is 0.264. The molecule has 0 saturated heterocycles. The summed E-state index contributed by atoms with van der Waals surface area (Å²) < 4.78 is 53.9. The van der Waals surface area contributed by atoms with Crippen LogP contribution in [0.1, 0.15) is 23.6 Å². The van der Waals surface area contributed by atoms with E-state index in [9.17, 15) is 18.0 Å². The number of nitrogens with one attached hydrogen (secondary N) is 1. The molecule has 1 aliphatic rings. The highest BCUT2D eigenvalue weighted by atomic mass is 19.4. The fraction of sp³-hybridized carbons (Fsp3) is 0.259. The van der Waals surface area contributed by atoms with Crippen LogP contribution >= 0.6 is 0 Å². The van der Waals surface area contributed by atoms with Crippen molar-refractivity contribution in [3.05, 3.63) is 77.4 Å². The predicted octanol–water partition coefficient (Wildman–Crippen LogP) is 5.61.